The van der Waals surface area contributed by atoms with E-state index in [1.807, 2.05) is 67.3 Å². The molecule has 2 saturated heterocycles. The first-order valence-corrected chi connectivity index (χ1v) is 20.7. The molecule has 0 bridgehead atoms. The second kappa shape index (κ2) is 15.2. The topological polar surface area (TPSA) is 148 Å². The molecule has 4 aliphatic rings. The number of aliphatic imine (C=N–C) groups is 1. The minimum absolute atomic E-state index is 0.0953. The van der Waals surface area contributed by atoms with Crippen molar-refractivity contribution in [3.63, 3.8) is 0 Å². The molecule has 9 rings (SSSR count). The minimum atomic E-state index is -0.969. The Morgan fingerprint density at radius 2 is 1.72 bits per heavy atom. The number of hydrogen-bond acceptors (Lipinski definition) is 10. The molecule has 7 heterocycles. The summed E-state index contributed by atoms with van der Waals surface area (Å²) in [5, 5.41) is 17.4. The van der Waals surface area contributed by atoms with Gasteiger partial charge in [-0.3, -0.25) is 43.6 Å². The molecule has 4 amide bonds. The highest BCUT2D eigenvalue weighted by Crippen LogP contribution is 2.39. The number of amides is 4. The molecular weight excluding hydrogens is 774 g/mol. The number of hydrogen-bond donors (Lipinski definition) is 1. The van der Waals surface area contributed by atoms with Gasteiger partial charge in [0.05, 0.1) is 40.0 Å². The lowest BCUT2D eigenvalue weighted by atomic mass is 9.87. The maximum absolute atomic E-state index is 13.6. The molecule has 0 spiro atoms. The normalized spacial score (nSPS) is 19.6. The van der Waals surface area contributed by atoms with Gasteiger partial charge in [0, 0.05) is 35.3 Å². The van der Waals surface area contributed by atoms with Crippen LogP contribution < -0.4 is 5.32 Å². The molecule has 2 atom stereocenters. The zero-order valence-electron chi connectivity index (χ0n) is 32.3. The number of fused-ring (bicyclic) bond motifs is 4. The third kappa shape index (κ3) is 6.86. The fourth-order valence-electron chi connectivity index (χ4n) is 8.50. The Hall–Kier alpha value is -5.75. The summed E-state index contributed by atoms with van der Waals surface area (Å²) in [6.07, 6.45) is 6.64. The maximum atomic E-state index is 13.6. The molecule has 4 aliphatic heterocycles. The van der Waals surface area contributed by atoms with Gasteiger partial charge in [-0.15, -0.1) is 21.5 Å². The zero-order chi connectivity index (χ0) is 40.2. The van der Waals surface area contributed by atoms with E-state index in [-0.39, 0.29) is 24.8 Å². The Morgan fingerprint density at radius 3 is 2.50 bits per heavy atom. The predicted molar refractivity (Wildman–Crippen MR) is 218 cm³/mol. The Labute approximate surface area is 344 Å². The molecule has 15 heteroatoms. The Kier molecular flexibility index (Phi) is 9.91. The van der Waals surface area contributed by atoms with Gasteiger partial charge in [0.1, 0.15) is 22.9 Å². The van der Waals surface area contributed by atoms with E-state index in [0.717, 1.165) is 99.0 Å². The fraction of sp³-hybridized carbons (Fsp3) is 0.349. The van der Waals surface area contributed by atoms with Gasteiger partial charge >= 0.3 is 0 Å². The van der Waals surface area contributed by atoms with Gasteiger partial charge in [0.25, 0.3) is 11.8 Å². The third-order valence-corrected chi connectivity index (χ3v) is 13.0. The molecule has 5 aromatic rings. The van der Waals surface area contributed by atoms with Gasteiger partial charge in [-0.25, -0.2) is 0 Å². The first-order valence-electron chi connectivity index (χ1n) is 19.5. The van der Waals surface area contributed by atoms with Gasteiger partial charge in [0.2, 0.25) is 11.8 Å². The lowest BCUT2D eigenvalue weighted by Gasteiger charge is -2.32. The first-order chi connectivity index (χ1) is 28.0. The molecule has 2 fully saturated rings. The number of aryl methyl sites for hydroxylation is 1. The number of halogens is 1. The van der Waals surface area contributed by atoms with Crippen molar-refractivity contribution in [3.05, 3.63) is 115 Å². The van der Waals surface area contributed by atoms with Crippen molar-refractivity contribution in [1.29, 1.82) is 0 Å². The summed E-state index contributed by atoms with van der Waals surface area (Å²) in [6.45, 7) is 9.50. The number of thiophene rings is 1. The van der Waals surface area contributed by atoms with Gasteiger partial charge in [-0.2, -0.15) is 5.10 Å². The molecule has 294 valence electrons. The molecular formula is C43H40ClN9O4S. The van der Waals surface area contributed by atoms with Gasteiger partial charge in [0.15, 0.2) is 5.82 Å². The van der Waals surface area contributed by atoms with E-state index in [2.05, 4.69) is 48.8 Å². The highest BCUT2D eigenvalue weighted by Gasteiger charge is 2.45. The smallest absolute Gasteiger partial charge is 0.262 e. The lowest BCUT2D eigenvalue weighted by Crippen LogP contribution is -2.54. The van der Waals surface area contributed by atoms with Crippen LogP contribution in [-0.2, 0) is 22.6 Å². The van der Waals surface area contributed by atoms with Crippen LogP contribution in [0.5, 0.6) is 0 Å². The van der Waals surface area contributed by atoms with E-state index in [1.54, 1.807) is 17.4 Å². The van der Waals surface area contributed by atoms with Gasteiger partial charge < -0.3 is 4.90 Å². The quantitative estimate of drug-likeness (QED) is 0.168. The van der Waals surface area contributed by atoms with E-state index < -0.39 is 23.8 Å². The highest BCUT2D eigenvalue weighted by atomic mass is 35.5. The number of piperidine rings is 2. The maximum Gasteiger partial charge on any atom is 0.262 e. The molecule has 3 aromatic heterocycles. The summed E-state index contributed by atoms with van der Waals surface area (Å²) in [5.41, 5.74) is 6.35. The van der Waals surface area contributed by atoms with Crippen LogP contribution in [0.15, 0.2) is 59.9 Å². The van der Waals surface area contributed by atoms with E-state index in [9.17, 15) is 19.2 Å². The second-order valence-corrected chi connectivity index (χ2v) is 16.8. The summed E-state index contributed by atoms with van der Waals surface area (Å²) in [7, 11) is 0. The molecule has 1 N–H and O–H groups in total. The van der Waals surface area contributed by atoms with E-state index >= 15 is 0 Å². The van der Waals surface area contributed by atoms with Crippen molar-refractivity contribution in [1.82, 2.24) is 39.7 Å². The van der Waals surface area contributed by atoms with Crippen LogP contribution in [0, 0.1) is 31.6 Å². The summed E-state index contributed by atoms with van der Waals surface area (Å²) in [5.74, 6) is 6.83. The van der Waals surface area contributed by atoms with Crippen LogP contribution in [0.4, 0.5) is 0 Å². The minimum Gasteiger partial charge on any atom is -0.301 e. The van der Waals surface area contributed by atoms with Crippen LogP contribution >= 0.6 is 22.9 Å². The number of carbonyl (C=O) groups excluding carboxylic acids is 4. The van der Waals surface area contributed by atoms with E-state index in [0.29, 0.717) is 28.5 Å². The van der Waals surface area contributed by atoms with Gasteiger partial charge in [-0.05, 0) is 94.8 Å². The Morgan fingerprint density at radius 1 is 0.931 bits per heavy atom. The van der Waals surface area contributed by atoms with Crippen LogP contribution in [0.2, 0.25) is 5.02 Å². The number of carbonyl (C=O) groups is 4. The van der Waals surface area contributed by atoms with Crippen molar-refractivity contribution in [3.8, 4) is 16.8 Å². The Bertz CT molecular complexity index is 2600. The molecule has 0 saturated carbocycles. The summed E-state index contributed by atoms with van der Waals surface area (Å²) >= 11 is 7.86. The molecule has 58 heavy (non-hydrogen) atoms. The monoisotopic (exact) mass is 813 g/mol. The third-order valence-electron chi connectivity index (χ3n) is 11.6. The largest absolute Gasteiger partial charge is 0.301 e. The number of imide groups is 2. The zero-order valence-corrected chi connectivity index (χ0v) is 33.9. The van der Waals surface area contributed by atoms with Crippen molar-refractivity contribution in [2.45, 2.75) is 71.5 Å². The molecule has 2 aromatic carbocycles. The first kappa shape index (κ1) is 37.8. The van der Waals surface area contributed by atoms with Crippen LogP contribution in [0.1, 0.15) is 104 Å². The second-order valence-electron chi connectivity index (χ2n) is 15.4. The number of rotatable bonds is 7. The fourth-order valence-corrected chi connectivity index (χ4v) is 9.85. The predicted octanol–water partition coefficient (Wildman–Crippen LogP) is 5.46. The SMILES string of the molecule is Cc1c(C#Cc2cnn(CCN3CCC(Cc4cccc5c4C(=O)N(C4CCC(=O)NC4=O)C5=O)CC3)c2)sc2c1C(c1ccc(Cl)cc1)=N[C@@H](C)c1nnc(C)n1-2. The van der Waals surface area contributed by atoms with Crippen LogP contribution in [0.25, 0.3) is 5.00 Å². The van der Waals surface area contributed by atoms with Crippen molar-refractivity contribution >= 4 is 52.3 Å². The number of nitrogens with one attached hydrogen (secondary N) is 1. The Balaban J connectivity index is 0.837. The average molecular weight is 814 g/mol. The number of benzene rings is 2. The molecule has 0 aliphatic carbocycles. The molecule has 13 nitrogen and oxygen atoms in total. The standard InChI is InChI=1S/C43H40ClN9O4S/c1-24-34(58-43-36(24)38(29-8-10-31(44)11-9-29)46-25(2)39-49-48-26(3)52(39)43)13-7-28-22-45-51(23-28)20-19-50-17-15-27(16-18-50)21-30-5-4-6-32-37(30)42(57)53(41(32)56)33-12-14-35(54)47-40(33)55/h4-6,8-11,22-23,25,27,33H,12,14-21H2,1-3H3,(H,47,54,55)/t25-,33?/m0/s1. The number of likely N-dealkylation sites (tertiary alicyclic amines) is 1. The van der Waals surface area contributed by atoms with Crippen LogP contribution in [0.3, 0.4) is 0 Å². The lowest BCUT2D eigenvalue weighted by molar-refractivity contribution is -0.136. The summed E-state index contributed by atoms with van der Waals surface area (Å²) in [6, 6.07) is 12.0. The molecule has 1 unspecified atom stereocenters. The molecule has 0 radical (unpaired) electrons. The van der Waals surface area contributed by atoms with Gasteiger partial charge in [-0.1, -0.05) is 47.7 Å². The van der Waals surface area contributed by atoms with Crippen molar-refractivity contribution in [2.24, 2.45) is 10.9 Å². The van der Waals surface area contributed by atoms with E-state index in [4.69, 9.17) is 16.6 Å². The summed E-state index contributed by atoms with van der Waals surface area (Å²) in [4.78, 5) is 60.6. The van der Waals surface area contributed by atoms with Crippen molar-refractivity contribution in [2.75, 3.05) is 19.6 Å². The number of aromatic nitrogens is 5. The van der Waals surface area contributed by atoms with E-state index in [1.165, 1.54) is 0 Å². The van der Waals surface area contributed by atoms with Crippen LogP contribution in [-0.4, -0.2) is 89.4 Å². The van der Waals surface area contributed by atoms with Crippen molar-refractivity contribution < 1.29 is 19.2 Å². The highest BCUT2D eigenvalue weighted by molar-refractivity contribution is 7.15. The number of nitrogens with zero attached hydrogens (tertiary/aromatic N) is 8. The average Bonchev–Trinajstić information content (AvgIpc) is 3.96. The summed E-state index contributed by atoms with van der Waals surface area (Å²) < 4.78 is 4.04.